The van der Waals surface area contributed by atoms with Crippen LogP contribution >= 0.6 is 7.82 Å². The van der Waals surface area contributed by atoms with Crippen molar-refractivity contribution >= 4 is 7.82 Å². The van der Waals surface area contributed by atoms with Crippen molar-refractivity contribution in [3.63, 3.8) is 0 Å². The van der Waals surface area contributed by atoms with E-state index in [4.69, 9.17) is 13.7 Å². The zero-order valence-corrected chi connectivity index (χ0v) is 19.8. The Morgan fingerprint density at radius 2 is 1.54 bits per heavy atom. The smallest absolute Gasteiger partial charge is 0.314 e. The van der Waals surface area contributed by atoms with Crippen LogP contribution in [0.5, 0.6) is 0 Å². The molecule has 1 saturated heterocycles. The Hall–Kier alpha value is 0.0300. The first kappa shape index (κ1) is 26.1. The van der Waals surface area contributed by atoms with E-state index in [0.29, 0.717) is 31.6 Å². The second-order valence-electron chi connectivity index (χ2n) is 8.15. The molecule has 0 saturated carbocycles. The number of nitrogens with one attached hydrogen (secondary N) is 1. The van der Waals surface area contributed by atoms with Gasteiger partial charge in [0.1, 0.15) is 0 Å². The van der Waals surface area contributed by atoms with Gasteiger partial charge in [-0.15, -0.1) is 0 Å². The third-order valence-electron chi connectivity index (χ3n) is 5.67. The zero-order chi connectivity index (χ0) is 20.8. The number of hydrogen-bond donors (Lipinski definition) is 1. The minimum absolute atomic E-state index is 0.137. The molecular formula is C21H45N2O4P. The summed E-state index contributed by atoms with van der Waals surface area (Å²) < 4.78 is 31.1. The summed E-state index contributed by atoms with van der Waals surface area (Å²) >= 11 is 0. The molecule has 0 aliphatic carbocycles. The number of phosphoric ester groups is 1. The largest absolute Gasteiger partial charge is 0.491 e. The Kier molecular flexibility index (Phi) is 13.9. The van der Waals surface area contributed by atoms with E-state index in [-0.39, 0.29) is 6.04 Å². The van der Waals surface area contributed by atoms with Gasteiger partial charge in [-0.2, -0.15) is 9.69 Å². The highest BCUT2D eigenvalue weighted by Gasteiger charge is 2.35. The lowest BCUT2D eigenvalue weighted by atomic mass is 10.0. The lowest BCUT2D eigenvalue weighted by Crippen LogP contribution is -2.49. The van der Waals surface area contributed by atoms with E-state index >= 15 is 0 Å². The molecule has 0 spiro atoms. The minimum atomic E-state index is -3.63. The first-order valence-corrected chi connectivity index (χ1v) is 13.0. The summed E-state index contributed by atoms with van der Waals surface area (Å²) in [5, 5.41) is 5.10. The average Bonchev–Trinajstić information content (AvgIpc) is 2.70. The fraction of sp³-hybridized carbons (Fsp3) is 1.00. The highest BCUT2D eigenvalue weighted by Crippen LogP contribution is 2.52. The number of nitrogens with zero attached hydrogens (tertiary/aromatic N) is 1. The lowest BCUT2D eigenvalue weighted by Gasteiger charge is -2.34. The summed E-state index contributed by atoms with van der Waals surface area (Å²) in [5.74, 6) is 0.783. The molecule has 168 valence electrons. The van der Waals surface area contributed by atoms with Gasteiger partial charge in [-0.1, -0.05) is 66.2 Å². The molecule has 1 fully saturated rings. The van der Waals surface area contributed by atoms with Crippen molar-refractivity contribution in [2.75, 3.05) is 32.8 Å². The number of unbranched alkanes of at least 4 members (excludes halogenated alkanes) is 2. The first-order chi connectivity index (χ1) is 13.5. The Morgan fingerprint density at radius 1 is 1.00 bits per heavy atom. The van der Waals surface area contributed by atoms with Crippen LogP contribution in [0.1, 0.15) is 86.0 Å². The SMILES string of the molecule is CCCCC(CC)COP(=O)(OCC(CC)CCCC)ON1CCNCC1C. The second-order valence-corrected chi connectivity index (χ2v) is 9.72. The molecule has 6 nitrogen and oxygen atoms in total. The van der Waals surface area contributed by atoms with Crippen LogP contribution in [0.25, 0.3) is 0 Å². The fourth-order valence-electron chi connectivity index (χ4n) is 3.35. The van der Waals surface area contributed by atoms with Crippen molar-refractivity contribution in [2.24, 2.45) is 11.8 Å². The van der Waals surface area contributed by atoms with Gasteiger partial charge >= 0.3 is 7.82 Å². The molecule has 1 aliphatic rings. The monoisotopic (exact) mass is 420 g/mol. The van der Waals surface area contributed by atoms with Gasteiger partial charge in [0, 0.05) is 25.7 Å². The van der Waals surface area contributed by atoms with Crippen molar-refractivity contribution in [1.82, 2.24) is 10.4 Å². The topological polar surface area (TPSA) is 60.0 Å². The van der Waals surface area contributed by atoms with E-state index in [1.165, 1.54) is 0 Å². The maximum atomic E-state index is 13.5. The quantitative estimate of drug-likeness (QED) is 0.319. The molecule has 0 bridgehead atoms. The van der Waals surface area contributed by atoms with Crippen LogP contribution in [0.4, 0.5) is 0 Å². The van der Waals surface area contributed by atoms with Crippen LogP contribution in [0.15, 0.2) is 0 Å². The van der Waals surface area contributed by atoms with Crippen molar-refractivity contribution in [2.45, 2.75) is 92.0 Å². The van der Waals surface area contributed by atoms with Crippen LogP contribution < -0.4 is 5.32 Å². The average molecular weight is 421 g/mol. The number of hydroxylamine groups is 2. The molecule has 1 aliphatic heterocycles. The molecule has 0 aromatic rings. The second kappa shape index (κ2) is 14.9. The van der Waals surface area contributed by atoms with E-state index in [1.807, 2.05) is 0 Å². The van der Waals surface area contributed by atoms with Gasteiger partial charge in [0.25, 0.3) is 0 Å². The van der Waals surface area contributed by atoms with Gasteiger partial charge in [0.05, 0.1) is 13.2 Å². The molecule has 1 rings (SSSR count). The fourth-order valence-corrected chi connectivity index (χ4v) is 4.80. The van der Waals surface area contributed by atoms with Crippen LogP contribution in [0, 0.1) is 11.8 Å². The van der Waals surface area contributed by atoms with E-state index in [9.17, 15) is 4.57 Å². The molecule has 3 atom stereocenters. The van der Waals surface area contributed by atoms with Crippen LogP contribution in [0.2, 0.25) is 0 Å². The van der Waals surface area contributed by atoms with Crippen molar-refractivity contribution in [3.8, 4) is 0 Å². The van der Waals surface area contributed by atoms with Gasteiger partial charge in [0.2, 0.25) is 0 Å². The van der Waals surface area contributed by atoms with Crippen molar-refractivity contribution in [1.29, 1.82) is 0 Å². The third kappa shape index (κ3) is 10.2. The molecule has 0 aromatic heterocycles. The number of phosphoric acid groups is 1. The van der Waals surface area contributed by atoms with Gasteiger partial charge < -0.3 is 5.32 Å². The van der Waals surface area contributed by atoms with Gasteiger partial charge in [0.15, 0.2) is 0 Å². The van der Waals surface area contributed by atoms with E-state index in [1.54, 1.807) is 5.06 Å². The zero-order valence-electron chi connectivity index (χ0n) is 19.0. The van der Waals surface area contributed by atoms with Crippen LogP contribution in [0.3, 0.4) is 0 Å². The van der Waals surface area contributed by atoms with Crippen molar-refractivity contribution < 1.29 is 18.2 Å². The summed E-state index contributed by atoms with van der Waals surface area (Å²) in [4.78, 5) is 0. The molecule has 1 heterocycles. The first-order valence-electron chi connectivity index (χ1n) is 11.5. The Labute approximate surface area is 173 Å². The van der Waals surface area contributed by atoms with Crippen LogP contribution in [-0.4, -0.2) is 44.0 Å². The molecule has 28 heavy (non-hydrogen) atoms. The Bertz CT molecular complexity index is 415. The molecular weight excluding hydrogens is 375 g/mol. The van der Waals surface area contributed by atoms with Gasteiger partial charge in [-0.05, 0) is 31.6 Å². The summed E-state index contributed by atoms with van der Waals surface area (Å²) in [6, 6.07) is 0.137. The lowest BCUT2D eigenvalue weighted by molar-refractivity contribution is -0.129. The summed E-state index contributed by atoms with van der Waals surface area (Å²) in [7, 11) is -3.63. The molecule has 1 N–H and O–H groups in total. The third-order valence-corrected chi connectivity index (χ3v) is 7.01. The Morgan fingerprint density at radius 3 is 1.96 bits per heavy atom. The van der Waals surface area contributed by atoms with Gasteiger partial charge in [-0.3, -0.25) is 9.05 Å². The van der Waals surface area contributed by atoms with Gasteiger partial charge in [-0.25, -0.2) is 4.57 Å². The minimum Gasteiger partial charge on any atom is -0.314 e. The number of piperazine rings is 1. The van der Waals surface area contributed by atoms with Crippen LogP contribution in [-0.2, 0) is 18.2 Å². The molecule has 0 radical (unpaired) electrons. The van der Waals surface area contributed by atoms with E-state index < -0.39 is 7.82 Å². The predicted molar refractivity (Wildman–Crippen MR) is 116 cm³/mol. The molecule has 3 unspecified atom stereocenters. The standard InChI is InChI=1S/C21H45N2O4P/c1-6-10-12-20(8-3)17-25-28(24,26-18-21(9-4)13-11-7-2)27-23-15-14-22-16-19(23)5/h19-22H,6-18H2,1-5H3. The molecule has 7 heteroatoms. The summed E-state index contributed by atoms with van der Waals surface area (Å²) in [5.41, 5.74) is 0. The number of hydrogen-bond acceptors (Lipinski definition) is 6. The Balaban J connectivity index is 2.72. The predicted octanol–water partition coefficient (Wildman–Crippen LogP) is 5.79. The maximum Gasteiger partial charge on any atom is 0.491 e. The summed E-state index contributed by atoms with van der Waals surface area (Å²) in [6.07, 6.45) is 8.85. The molecule has 0 aromatic carbocycles. The highest BCUT2D eigenvalue weighted by molar-refractivity contribution is 7.48. The molecule has 0 amide bonds. The highest BCUT2D eigenvalue weighted by atomic mass is 31.2. The maximum absolute atomic E-state index is 13.5. The summed E-state index contributed by atoms with van der Waals surface area (Å²) in [6.45, 7) is 13.9. The van der Waals surface area contributed by atoms with Crippen molar-refractivity contribution in [3.05, 3.63) is 0 Å². The number of rotatable bonds is 16. The normalized spacial score (nSPS) is 22.7. The van der Waals surface area contributed by atoms with E-state index in [2.05, 4.69) is 39.9 Å². The van der Waals surface area contributed by atoms with E-state index in [0.717, 1.165) is 64.5 Å².